The van der Waals surface area contributed by atoms with Crippen molar-refractivity contribution in [2.24, 2.45) is 5.92 Å². The zero-order valence-corrected chi connectivity index (χ0v) is 8.54. The van der Waals surface area contributed by atoms with E-state index in [9.17, 15) is 4.39 Å². The quantitative estimate of drug-likeness (QED) is 0.679. The van der Waals surface area contributed by atoms with Crippen molar-refractivity contribution in [1.82, 2.24) is 9.97 Å². The van der Waals surface area contributed by atoms with Crippen LogP contribution in [-0.4, -0.2) is 17.1 Å². The van der Waals surface area contributed by atoms with Crippen LogP contribution in [0.15, 0.2) is 0 Å². The zero-order chi connectivity index (χ0) is 10.3. The fourth-order valence-corrected chi connectivity index (χ4v) is 1.63. The lowest BCUT2D eigenvalue weighted by atomic mass is 10.3. The van der Waals surface area contributed by atoms with Gasteiger partial charge < -0.3 is 4.74 Å². The number of rotatable bonds is 2. The summed E-state index contributed by atoms with van der Waals surface area (Å²) in [6.45, 7) is 3.85. The van der Waals surface area contributed by atoms with Crippen molar-refractivity contribution in [3.8, 4) is 5.75 Å². The molecular formula is C10H13FN2O. The summed E-state index contributed by atoms with van der Waals surface area (Å²) in [6.07, 6.45) is 1.06. The number of ether oxygens (including phenoxy) is 1. The third-order valence-electron chi connectivity index (χ3n) is 2.66. The van der Waals surface area contributed by atoms with Gasteiger partial charge in [0.15, 0.2) is 5.75 Å². The van der Waals surface area contributed by atoms with Gasteiger partial charge >= 0.3 is 0 Å². The van der Waals surface area contributed by atoms with Crippen molar-refractivity contribution in [1.29, 1.82) is 0 Å². The van der Waals surface area contributed by atoms with E-state index < -0.39 is 5.95 Å². The molecule has 0 bridgehead atoms. The first-order chi connectivity index (χ1) is 6.63. The first kappa shape index (κ1) is 9.37. The minimum Gasteiger partial charge on any atom is -0.490 e. The lowest BCUT2D eigenvalue weighted by Gasteiger charge is -2.06. The van der Waals surface area contributed by atoms with Crippen LogP contribution in [0, 0.1) is 18.8 Å². The molecule has 76 valence electrons. The van der Waals surface area contributed by atoms with Gasteiger partial charge in [0.1, 0.15) is 5.82 Å². The van der Waals surface area contributed by atoms with E-state index >= 15 is 0 Å². The summed E-state index contributed by atoms with van der Waals surface area (Å²) in [6, 6.07) is 0. The topological polar surface area (TPSA) is 35.0 Å². The molecule has 1 aromatic rings. The van der Waals surface area contributed by atoms with Crippen LogP contribution in [0.4, 0.5) is 4.39 Å². The van der Waals surface area contributed by atoms with E-state index in [0.29, 0.717) is 23.4 Å². The highest BCUT2D eigenvalue weighted by molar-refractivity contribution is 5.26. The molecule has 0 radical (unpaired) electrons. The third kappa shape index (κ3) is 1.45. The van der Waals surface area contributed by atoms with Crippen LogP contribution in [0.3, 0.4) is 0 Å². The van der Waals surface area contributed by atoms with Gasteiger partial charge in [0.25, 0.3) is 5.95 Å². The van der Waals surface area contributed by atoms with Gasteiger partial charge in [-0.05, 0) is 19.3 Å². The molecule has 2 rings (SSSR count). The number of hydrogen-bond donors (Lipinski definition) is 0. The summed E-state index contributed by atoms with van der Waals surface area (Å²) in [7, 11) is 1.42. The molecule has 2 atom stereocenters. The Hall–Kier alpha value is -1.19. The van der Waals surface area contributed by atoms with Crippen molar-refractivity contribution in [2.75, 3.05) is 7.11 Å². The standard InChI is InChI=1S/C10H13FN2O/c1-5-4-7(5)10-12-6(2)8(14-3)9(11)13-10/h5,7H,4H2,1-3H3. The normalized spacial score (nSPS) is 24.9. The fraction of sp³-hybridized carbons (Fsp3) is 0.600. The predicted molar refractivity (Wildman–Crippen MR) is 49.8 cm³/mol. The maximum Gasteiger partial charge on any atom is 0.258 e. The highest BCUT2D eigenvalue weighted by atomic mass is 19.1. The molecule has 2 unspecified atom stereocenters. The number of nitrogens with zero attached hydrogens (tertiary/aromatic N) is 2. The van der Waals surface area contributed by atoms with Crippen molar-refractivity contribution < 1.29 is 9.13 Å². The van der Waals surface area contributed by atoms with Gasteiger partial charge in [-0.15, -0.1) is 0 Å². The van der Waals surface area contributed by atoms with Crippen LogP contribution >= 0.6 is 0 Å². The van der Waals surface area contributed by atoms with Crippen LogP contribution in [0.2, 0.25) is 0 Å². The molecule has 1 heterocycles. The Morgan fingerprint density at radius 3 is 2.50 bits per heavy atom. The van der Waals surface area contributed by atoms with E-state index in [2.05, 4.69) is 16.9 Å². The molecule has 4 heteroatoms. The van der Waals surface area contributed by atoms with Crippen LogP contribution in [0.25, 0.3) is 0 Å². The average molecular weight is 196 g/mol. The highest BCUT2D eigenvalue weighted by Gasteiger charge is 2.37. The van der Waals surface area contributed by atoms with E-state index in [1.54, 1.807) is 6.92 Å². The van der Waals surface area contributed by atoms with Gasteiger partial charge in [0.2, 0.25) is 0 Å². The molecule has 0 aliphatic heterocycles. The lowest BCUT2D eigenvalue weighted by molar-refractivity contribution is 0.369. The Kier molecular flexibility index (Phi) is 2.13. The first-order valence-corrected chi connectivity index (χ1v) is 4.71. The molecule has 0 aromatic carbocycles. The van der Waals surface area contributed by atoms with Gasteiger partial charge in [0, 0.05) is 5.92 Å². The summed E-state index contributed by atoms with van der Waals surface area (Å²) < 4.78 is 18.2. The van der Waals surface area contributed by atoms with Crippen LogP contribution < -0.4 is 4.74 Å². The molecule has 14 heavy (non-hydrogen) atoms. The molecule has 3 nitrogen and oxygen atoms in total. The highest BCUT2D eigenvalue weighted by Crippen LogP contribution is 2.45. The molecule has 0 amide bonds. The van der Waals surface area contributed by atoms with Gasteiger partial charge in [-0.1, -0.05) is 6.92 Å². The third-order valence-corrected chi connectivity index (χ3v) is 2.66. The number of methoxy groups -OCH3 is 1. The second kappa shape index (κ2) is 3.19. The Morgan fingerprint density at radius 1 is 1.43 bits per heavy atom. The van der Waals surface area contributed by atoms with E-state index in [1.807, 2.05) is 0 Å². The Balaban J connectivity index is 2.37. The van der Waals surface area contributed by atoms with Crippen molar-refractivity contribution in [3.63, 3.8) is 0 Å². The molecule has 0 saturated heterocycles. The fourth-order valence-electron chi connectivity index (χ4n) is 1.63. The van der Waals surface area contributed by atoms with Crippen LogP contribution in [-0.2, 0) is 0 Å². The summed E-state index contributed by atoms with van der Waals surface area (Å²) in [5, 5.41) is 0. The van der Waals surface area contributed by atoms with Gasteiger partial charge in [-0.2, -0.15) is 4.39 Å². The molecule has 1 fully saturated rings. The average Bonchev–Trinajstić information content (AvgIpc) is 2.82. The van der Waals surface area contributed by atoms with Gasteiger partial charge in [-0.25, -0.2) is 9.97 Å². The summed E-state index contributed by atoms with van der Waals surface area (Å²) >= 11 is 0. The summed E-state index contributed by atoms with van der Waals surface area (Å²) in [4.78, 5) is 8.06. The number of halogens is 1. The second-order valence-electron chi connectivity index (χ2n) is 3.81. The minimum atomic E-state index is -0.547. The van der Waals surface area contributed by atoms with Crippen molar-refractivity contribution in [2.45, 2.75) is 26.2 Å². The number of hydrogen-bond acceptors (Lipinski definition) is 3. The van der Waals surface area contributed by atoms with Gasteiger partial charge in [-0.3, -0.25) is 0 Å². The molecule has 1 aliphatic rings. The van der Waals surface area contributed by atoms with E-state index in [1.165, 1.54) is 7.11 Å². The maximum atomic E-state index is 13.4. The molecular weight excluding hydrogens is 183 g/mol. The van der Waals surface area contributed by atoms with E-state index in [-0.39, 0.29) is 5.75 Å². The van der Waals surface area contributed by atoms with Crippen LogP contribution in [0.5, 0.6) is 5.75 Å². The van der Waals surface area contributed by atoms with Crippen molar-refractivity contribution >= 4 is 0 Å². The zero-order valence-electron chi connectivity index (χ0n) is 8.54. The molecule has 1 saturated carbocycles. The minimum absolute atomic E-state index is 0.155. The molecule has 1 aliphatic carbocycles. The van der Waals surface area contributed by atoms with Gasteiger partial charge in [0.05, 0.1) is 12.8 Å². The number of aryl methyl sites for hydroxylation is 1. The maximum absolute atomic E-state index is 13.4. The number of aromatic nitrogens is 2. The molecule has 1 aromatic heterocycles. The Morgan fingerprint density at radius 2 is 2.07 bits per heavy atom. The SMILES string of the molecule is COc1c(C)nc(C2CC2C)nc1F. The first-order valence-electron chi connectivity index (χ1n) is 4.71. The van der Waals surface area contributed by atoms with E-state index in [0.717, 1.165) is 6.42 Å². The summed E-state index contributed by atoms with van der Waals surface area (Å²) in [5.74, 6) is 1.15. The Labute approximate surface area is 82.3 Å². The van der Waals surface area contributed by atoms with Crippen LogP contribution in [0.1, 0.15) is 30.8 Å². The molecule has 0 spiro atoms. The molecule has 0 N–H and O–H groups in total. The van der Waals surface area contributed by atoms with Crippen molar-refractivity contribution in [3.05, 3.63) is 17.5 Å². The van der Waals surface area contributed by atoms with E-state index in [4.69, 9.17) is 4.74 Å². The monoisotopic (exact) mass is 196 g/mol. The predicted octanol–water partition coefficient (Wildman–Crippen LogP) is 2.06. The largest absolute Gasteiger partial charge is 0.490 e. The summed E-state index contributed by atoms with van der Waals surface area (Å²) in [5.41, 5.74) is 0.578. The lowest BCUT2D eigenvalue weighted by Crippen LogP contribution is -2.03. The smallest absolute Gasteiger partial charge is 0.258 e. The second-order valence-corrected chi connectivity index (χ2v) is 3.81. The Bertz CT molecular complexity index is 344.